The Labute approximate surface area is 142 Å². The van der Waals surface area contributed by atoms with E-state index in [4.69, 9.17) is 0 Å². The van der Waals surface area contributed by atoms with Gasteiger partial charge in [-0.3, -0.25) is 9.89 Å². The Morgan fingerprint density at radius 3 is 2.67 bits per heavy atom. The molecule has 0 saturated heterocycles. The number of allylic oxidation sites excluding steroid dienone is 2. The molecule has 5 nitrogen and oxygen atoms in total. The lowest BCUT2D eigenvalue weighted by atomic mass is 10.1. The molecule has 0 unspecified atom stereocenters. The first kappa shape index (κ1) is 16.4. The van der Waals surface area contributed by atoms with Gasteiger partial charge in [0.15, 0.2) is 5.82 Å². The predicted molar refractivity (Wildman–Crippen MR) is 93.9 cm³/mol. The number of hydrogen-bond donors (Lipinski definition) is 2. The summed E-state index contributed by atoms with van der Waals surface area (Å²) < 4.78 is 0. The second-order valence-electron chi connectivity index (χ2n) is 7.26. The van der Waals surface area contributed by atoms with E-state index in [9.17, 15) is 4.79 Å². The minimum atomic E-state index is 0.0258. The third kappa shape index (κ3) is 3.25. The molecule has 0 radical (unpaired) electrons. The summed E-state index contributed by atoms with van der Waals surface area (Å²) >= 11 is 0. The smallest absolute Gasteiger partial charge is 0.224 e. The number of aromatic nitrogens is 3. The molecule has 1 fully saturated rings. The molecule has 0 spiro atoms. The number of carbonyl (C=O) groups excluding carboxylic acids is 1. The van der Waals surface area contributed by atoms with Crippen molar-refractivity contribution in [2.75, 3.05) is 0 Å². The van der Waals surface area contributed by atoms with Crippen molar-refractivity contribution in [3.05, 3.63) is 47.8 Å². The summed E-state index contributed by atoms with van der Waals surface area (Å²) in [6.07, 6.45) is 2.20. The second kappa shape index (κ2) is 6.23. The average Bonchev–Trinajstić information content (AvgIpc) is 2.90. The van der Waals surface area contributed by atoms with E-state index < -0.39 is 0 Å². The number of H-pyrrole nitrogens is 1. The van der Waals surface area contributed by atoms with Crippen molar-refractivity contribution >= 4 is 5.91 Å². The van der Waals surface area contributed by atoms with Gasteiger partial charge in [-0.2, -0.15) is 5.10 Å². The molecule has 5 heteroatoms. The Bertz CT molecular complexity index is 757. The van der Waals surface area contributed by atoms with E-state index in [2.05, 4.69) is 54.3 Å². The Hall–Kier alpha value is -2.43. The summed E-state index contributed by atoms with van der Waals surface area (Å²) in [7, 11) is 0. The van der Waals surface area contributed by atoms with Crippen molar-refractivity contribution in [3.63, 3.8) is 0 Å². The zero-order valence-electron chi connectivity index (χ0n) is 14.6. The second-order valence-corrected chi connectivity index (χ2v) is 7.26. The molecule has 1 aromatic carbocycles. The maximum atomic E-state index is 12.5. The first-order valence-electron chi connectivity index (χ1n) is 8.29. The van der Waals surface area contributed by atoms with Crippen LogP contribution in [0.1, 0.15) is 33.5 Å². The molecule has 2 N–H and O–H groups in total. The monoisotopic (exact) mass is 324 g/mol. The van der Waals surface area contributed by atoms with Crippen molar-refractivity contribution in [1.29, 1.82) is 0 Å². The Kier molecular flexibility index (Phi) is 4.26. The third-order valence-electron chi connectivity index (χ3n) is 4.70. The molecule has 0 bridgehead atoms. The molecule has 3 rings (SSSR count). The molecule has 126 valence electrons. The highest BCUT2D eigenvalue weighted by atomic mass is 16.2. The fourth-order valence-electron chi connectivity index (χ4n) is 3.22. The van der Waals surface area contributed by atoms with Gasteiger partial charge in [0.25, 0.3) is 0 Å². The van der Waals surface area contributed by atoms with Gasteiger partial charge in [0.2, 0.25) is 5.91 Å². The molecule has 1 saturated carbocycles. The van der Waals surface area contributed by atoms with E-state index in [1.54, 1.807) is 0 Å². The zero-order valence-corrected chi connectivity index (χ0v) is 14.6. The molecule has 1 amide bonds. The van der Waals surface area contributed by atoms with Crippen LogP contribution in [-0.2, 0) is 11.3 Å². The highest BCUT2D eigenvalue weighted by molar-refractivity contribution is 5.83. The molecular formula is C19H24N4O. The highest BCUT2D eigenvalue weighted by Crippen LogP contribution is 2.59. The lowest BCUT2D eigenvalue weighted by Crippen LogP contribution is -2.26. The van der Waals surface area contributed by atoms with Gasteiger partial charge in [-0.25, -0.2) is 4.98 Å². The van der Waals surface area contributed by atoms with Gasteiger partial charge in [0.1, 0.15) is 5.82 Å². The number of rotatable bonds is 5. The molecule has 24 heavy (non-hydrogen) atoms. The fourth-order valence-corrected chi connectivity index (χ4v) is 3.22. The summed E-state index contributed by atoms with van der Waals surface area (Å²) in [5.74, 6) is 1.75. The van der Waals surface area contributed by atoms with Crippen LogP contribution in [-0.4, -0.2) is 21.1 Å². The summed E-state index contributed by atoms with van der Waals surface area (Å²) in [5.41, 5.74) is 2.24. The Morgan fingerprint density at radius 1 is 1.29 bits per heavy atom. The van der Waals surface area contributed by atoms with Crippen LogP contribution in [0.25, 0.3) is 11.4 Å². The van der Waals surface area contributed by atoms with E-state index in [-0.39, 0.29) is 17.2 Å². The number of nitrogens with zero attached hydrogens (tertiary/aromatic N) is 2. The van der Waals surface area contributed by atoms with Gasteiger partial charge in [0, 0.05) is 5.56 Å². The summed E-state index contributed by atoms with van der Waals surface area (Å²) in [6, 6.07) is 9.78. The average molecular weight is 324 g/mol. The van der Waals surface area contributed by atoms with Crippen molar-refractivity contribution in [1.82, 2.24) is 20.5 Å². The predicted octanol–water partition coefficient (Wildman–Crippen LogP) is 3.33. The van der Waals surface area contributed by atoms with Gasteiger partial charge >= 0.3 is 0 Å². The number of hydrogen-bond acceptors (Lipinski definition) is 3. The van der Waals surface area contributed by atoms with E-state index in [0.717, 1.165) is 5.56 Å². The zero-order chi connectivity index (χ0) is 17.3. The van der Waals surface area contributed by atoms with Crippen LogP contribution in [0, 0.1) is 17.3 Å². The largest absolute Gasteiger partial charge is 0.349 e. The maximum Gasteiger partial charge on any atom is 0.224 e. The minimum Gasteiger partial charge on any atom is -0.349 e. The van der Waals surface area contributed by atoms with Crippen molar-refractivity contribution in [2.24, 2.45) is 17.3 Å². The van der Waals surface area contributed by atoms with Crippen LogP contribution in [0.4, 0.5) is 0 Å². The number of carbonyl (C=O) groups is 1. The molecule has 1 aliphatic rings. The molecule has 2 atom stereocenters. The van der Waals surface area contributed by atoms with Gasteiger partial charge in [0.05, 0.1) is 12.5 Å². The minimum absolute atomic E-state index is 0.0258. The van der Waals surface area contributed by atoms with Crippen LogP contribution < -0.4 is 5.32 Å². The van der Waals surface area contributed by atoms with Gasteiger partial charge in [-0.15, -0.1) is 0 Å². The van der Waals surface area contributed by atoms with E-state index in [1.165, 1.54) is 5.57 Å². The molecule has 2 aromatic rings. The lowest BCUT2D eigenvalue weighted by molar-refractivity contribution is -0.123. The summed E-state index contributed by atoms with van der Waals surface area (Å²) in [4.78, 5) is 16.9. The third-order valence-corrected chi connectivity index (χ3v) is 4.70. The van der Waals surface area contributed by atoms with Crippen LogP contribution in [0.15, 0.2) is 42.0 Å². The standard InChI is InChI=1S/C19H24N4O/c1-12(2)10-14-16(19(14,3)4)18(24)20-11-15-21-17(23-22-15)13-8-6-5-7-9-13/h5-10,14,16H,11H2,1-4H3,(H,20,24)(H,21,22,23)/t14-,16+/m0/s1. The SMILES string of the molecule is CC(C)=C[C@H]1[C@H](C(=O)NCc2nc(-c3ccccc3)n[nH]2)C1(C)C. The van der Waals surface area contributed by atoms with Crippen molar-refractivity contribution in [3.8, 4) is 11.4 Å². The van der Waals surface area contributed by atoms with Crippen LogP contribution in [0.5, 0.6) is 0 Å². The lowest BCUT2D eigenvalue weighted by Gasteiger charge is -2.03. The van der Waals surface area contributed by atoms with Gasteiger partial charge in [-0.1, -0.05) is 55.8 Å². The topological polar surface area (TPSA) is 70.7 Å². The van der Waals surface area contributed by atoms with E-state index in [1.807, 2.05) is 30.3 Å². The fraction of sp³-hybridized carbons (Fsp3) is 0.421. The molecule has 0 aliphatic heterocycles. The van der Waals surface area contributed by atoms with Crippen LogP contribution >= 0.6 is 0 Å². The molecule has 1 aliphatic carbocycles. The van der Waals surface area contributed by atoms with Crippen molar-refractivity contribution in [2.45, 2.75) is 34.2 Å². The number of nitrogens with one attached hydrogen (secondary N) is 2. The first-order valence-corrected chi connectivity index (χ1v) is 8.29. The molecular weight excluding hydrogens is 300 g/mol. The van der Waals surface area contributed by atoms with Crippen molar-refractivity contribution < 1.29 is 4.79 Å². The maximum absolute atomic E-state index is 12.5. The van der Waals surface area contributed by atoms with E-state index in [0.29, 0.717) is 24.1 Å². The number of benzene rings is 1. The van der Waals surface area contributed by atoms with Gasteiger partial charge in [-0.05, 0) is 25.2 Å². The summed E-state index contributed by atoms with van der Waals surface area (Å²) in [5, 5.41) is 10.1. The Balaban J connectivity index is 1.60. The highest BCUT2D eigenvalue weighted by Gasteiger charge is 2.60. The van der Waals surface area contributed by atoms with Crippen LogP contribution in [0.3, 0.4) is 0 Å². The number of amides is 1. The van der Waals surface area contributed by atoms with E-state index >= 15 is 0 Å². The quantitative estimate of drug-likeness (QED) is 0.829. The number of aromatic amines is 1. The summed E-state index contributed by atoms with van der Waals surface area (Å²) in [6.45, 7) is 8.80. The first-order chi connectivity index (χ1) is 11.4. The van der Waals surface area contributed by atoms with Gasteiger partial charge < -0.3 is 5.32 Å². The van der Waals surface area contributed by atoms with Crippen LogP contribution in [0.2, 0.25) is 0 Å². The molecule has 1 heterocycles. The molecule has 1 aromatic heterocycles. The normalized spacial score (nSPS) is 21.2. The Morgan fingerprint density at radius 2 is 2.00 bits per heavy atom.